The topological polar surface area (TPSA) is 134 Å². The van der Waals surface area contributed by atoms with Gasteiger partial charge in [-0.25, -0.2) is 4.89 Å². The van der Waals surface area contributed by atoms with Crippen LogP contribution in [0.15, 0.2) is 48.5 Å². The fraction of sp³-hybridized carbons (Fsp3) is 0.559. The predicted molar refractivity (Wildman–Crippen MR) is 182 cm³/mol. The maximum absolute atomic E-state index is 13.4. The molecule has 0 aromatic heterocycles. The van der Waals surface area contributed by atoms with E-state index in [0.717, 1.165) is 36.9 Å². The number of aliphatic carboxylic acids is 1. The molecule has 2 amide bonds. The summed E-state index contributed by atoms with van der Waals surface area (Å²) < 4.78 is 6.61. The molecule has 0 radical (unpaired) electrons. The Labute approximate surface area is 270 Å². The normalized spacial score (nSPS) is 19.0. The number of carbonyl (C=O) groups excluding carboxylic acids is 2. The number of rotatable bonds is 16. The number of fused-ring (bicyclic) bond motifs is 1. The maximum atomic E-state index is 13.4. The molecule has 248 valence electrons. The molecule has 2 aromatic carbocycles. The zero-order valence-electron chi connectivity index (χ0n) is 28.2. The fourth-order valence-corrected chi connectivity index (χ4v) is 16.0. The molecule has 2 aromatic rings. The van der Waals surface area contributed by atoms with Crippen molar-refractivity contribution < 1.29 is 33.8 Å². The Hall–Kier alpha value is -2.84. The number of anilines is 1. The van der Waals surface area contributed by atoms with Gasteiger partial charge in [-0.2, -0.15) is 0 Å². The third kappa shape index (κ3) is 8.31. The number of unbranched alkanes of at least 4 members (excludes halogenated alkanes) is 1. The molecular formula is C34H52N2O7Si2. The molecule has 4 N–H and O–H groups in total. The van der Waals surface area contributed by atoms with Gasteiger partial charge in [-0.15, -0.1) is 0 Å². The number of nitrogens with one attached hydrogen (secondary N) is 2. The minimum Gasteiger partial charge on any atom is -0.480 e. The Morgan fingerprint density at radius 1 is 0.889 bits per heavy atom. The maximum Gasteiger partial charge on any atom is 0.331 e. The lowest BCUT2D eigenvalue weighted by Crippen LogP contribution is -2.57. The van der Waals surface area contributed by atoms with Crippen LogP contribution in [0.25, 0.3) is 0 Å². The smallest absolute Gasteiger partial charge is 0.331 e. The van der Waals surface area contributed by atoms with Crippen LogP contribution in [0.4, 0.5) is 5.69 Å². The van der Waals surface area contributed by atoms with E-state index in [-0.39, 0.29) is 17.4 Å². The Morgan fingerprint density at radius 3 is 2.02 bits per heavy atom. The van der Waals surface area contributed by atoms with Gasteiger partial charge in [0, 0.05) is 17.6 Å². The average Bonchev–Trinajstić information content (AvgIpc) is 3.18. The first-order valence-electron chi connectivity index (χ1n) is 15.9. The molecule has 0 aliphatic heterocycles. The highest BCUT2D eigenvalue weighted by atomic mass is 28.4. The zero-order valence-corrected chi connectivity index (χ0v) is 30.2. The van der Waals surface area contributed by atoms with Crippen molar-refractivity contribution in [2.24, 2.45) is 5.41 Å². The average molecular weight is 657 g/mol. The first kappa shape index (κ1) is 36.6. The predicted octanol–water partition coefficient (Wildman–Crippen LogP) is 6.91. The molecule has 3 rings (SSSR count). The molecule has 0 spiro atoms. The third-order valence-electron chi connectivity index (χ3n) is 9.17. The van der Waals surface area contributed by atoms with Crippen LogP contribution in [-0.2, 0) is 34.2 Å². The van der Waals surface area contributed by atoms with Crippen molar-refractivity contribution in [3.8, 4) is 0 Å². The summed E-state index contributed by atoms with van der Waals surface area (Å²) in [7, 11) is -3.80. The molecule has 1 aliphatic rings. The molecule has 45 heavy (non-hydrogen) atoms. The van der Waals surface area contributed by atoms with Gasteiger partial charge in [-0.05, 0) is 85.4 Å². The molecule has 9 nitrogen and oxygen atoms in total. The molecule has 0 fully saturated rings. The molecule has 0 heterocycles. The minimum atomic E-state index is -2.69. The molecule has 2 unspecified atom stereocenters. The van der Waals surface area contributed by atoms with E-state index in [9.17, 15) is 24.7 Å². The number of carbonyl (C=O) groups is 3. The number of carboxylic acid groups (broad SMARTS) is 1. The van der Waals surface area contributed by atoms with Gasteiger partial charge in [0.1, 0.15) is 6.61 Å². The molecule has 0 saturated carbocycles. The van der Waals surface area contributed by atoms with Gasteiger partial charge >= 0.3 is 5.97 Å². The summed E-state index contributed by atoms with van der Waals surface area (Å²) in [6.07, 6.45) is 3.75. The van der Waals surface area contributed by atoms with Crippen molar-refractivity contribution in [1.29, 1.82) is 0 Å². The van der Waals surface area contributed by atoms with Gasteiger partial charge in [-0.3, -0.25) is 19.6 Å². The molecular weight excluding hydrogens is 605 g/mol. The van der Waals surface area contributed by atoms with E-state index in [0.29, 0.717) is 12.1 Å². The van der Waals surface area contributed by atoms with E-state index in [4.69, 9.17) is 4.12 Å². The Bertz CT molecular complexity index is 1360. The molecule has 11 heteroatoms. The van der Waals surface area contributed by atoms with E-state index < -0.39 is 46.4 Å². The van der Waals surface area contributed by atoms with Crippen LogP contribution < -0.4 is 10.6 Å². The van der Waals surface area contributed by atoms with Gasteiger partial charge in [0.2, 0.25) is 11.3 Å². The zero-order chi connectivity index (χ0) is 33.7. The van der Waals surface area contributed by atoms with Crippen molar-refractivity contribution in [1.82, 2.24) is 5.32 Å². The summed E-state index contributed by atoms with van der Waals surface area (Å²) in [6, 6.07) is 17.5. The van der Waals surface area contributed by atoms with Crippen molar-refractivity contribution in [3.63, 3.8) is 0 Å². The first-order valence-corrected chi connectivity index (χ1v) is 22.2. The Morgan fingerprint density at radius 2 is 1.47 bits per heavy atom. The van der Waals surface area contributed by atoms with Crippen LogP contribution in [0.3, 0.4) is 0 Å². The SMILES string of the molecule is CCCC[Si](C)(C)O[Si](C)(C)CCCNC(=O)C(COO)(C(=O)O)C(=O)Nc1ccc(C2(C)CC(C)(C)c3ccccc32)cc1. The van der Waals surface area contributed by atoms with Crippen molar-refractivity contribution >= 4 is 40.1 Å². The van der Waals surface area contributed by atoms with Gasteiger partial charge in [0.15, 0.2) is 16.6 Å². The van der Waals surface area contributed by atoms with Crippen LogP contribution >= 0.6 is 0 Å². The van der Waals surface area contributed by atoms with Crippen LogP contribution in [0.1, 0.15) is 70.1 Å². The van der Waals surface area contributed by atoms with Crippen molar-refractivity contribution in [2.45, 2.75) is 102 Å². The number of amides is 2. The number of hydrogen-bond acceptors (Lipinski definition) is 6. The molecule has 2 atom stereocenters. The Kier molecular flexibility index (Phi) is 11.6. The van der Waals surface area contributed by atoms with E-state index in [1.165, 1.54) is 11.1 Å². The second-order valence-corrected chi connectivity index (χ2v) is 23.4. The van der Waals surface area contributed by atoms with Gasteiger partial charge in [0.25, 0.3) is 5.91 Å². The van der Waals surface area contributed by atoms with Crippen LogP contribution in [-0.4, -0.2) is 57.9 Å². The number of benzene rings is 2. The second-order valence-electron chi connectivity index (χ2n) is 14.5. The second kappa shape index (κ2) is 14.3. The van der Waals surface area contributed by atoms with Crippen LogP contribution in [0, 0.1) is 5.41 Å². The standard InChI is InChI=1S/C34H52N2O7Si2/c1-9-10-21-44(5,6)43-45(7,8)22-13-20-35-29(37)34(24-42-41,31(39)40)30(38)36-26-18-16-25(17-19-26)33(4)23-32(2,3)27-14-11-12-15-28(27)33/h11-12,14-19,41H,9-10,13,20-24H2,1-8H3,(H,35,37)(H,36,38)(H,39,40). The van der Waals surface area contributed by atoms with Crippen LogP contribution in [0.2, 0.25) is 38.3 Å². The molecule has 0 bridgehead atoms. The lowest BCUT2D eigenvalue weighted by molar-refractivity contribution is -0.258. The number of hydrogen-bond donors (Lipinski definition) is 4. The highest BCUT2D eigenvalue weighted by molar-refractivity contribution is 6.84. The summed E-state index contributed by atoms with van der Waals surface area (Å²) in [4.78, 5) is 43.3. The quantitative estimate of drug-likeness (QED) is 0.0507. The molecule has 0 saturated heterocycles. The lowest BCUT2D eigenvalue weighted by Gasteiger charge is -2.34. The highest BCUT2D eigenvalue weighted by Crippen LogP contribution is 2.52. The van der Waals surface area contributed by atoms with Gasteiger partial charge < -0.3 is 19.9 Å². The van der Waals surface area contributed by atoms with Crippen LogP contribution in [0.5, 0.6) is 0 Å². The third-order valence-corrected chi connectivity index (χ3v) is 16.7. The largest absolute Gasteiger partial charge is 0.480 e. The lowest BCUT2D eigenvalue weighted by atomic mass is 9.75. The molecule has 1 aliphatic carbocycles. The number of carboxylic acids is 1. The monoisotopic (exact) mass is 656 g/mol. The van der Waals surface area contributed by atoms with Crippen molar-refractivity contribution in [2.75, 3.05) is 18.5 Å². The van der Waals surface area contributed by atoms with E-state index >= 15 is 0 Å². The fourth-order valence-electron chi connectivity index (χ4n) is 6.95. The minimum absolute atomic E-state index is 0.00507. The summed E-state index contributed by atoms with van der Waals surface area (Å²) in [6.45, 7) is 16.7. The van der Waals surface area contributed by atoms with Gasteiger partial charge in [-0.1, -0.05) is 76.9 Å². The summed E-state index contributed by atoms with van der Waals surface area (Å²) in [5.41, 5.74) is 1.02. The van der Waals surface area contributed by atoms with E-state index in [1.54, 1.807) is 12.1 Å². The summed E-state index contributed by atoms with van der Waals surface area (Å²) >= 11 is 0. The first-order chi connectivity index (χ1) is 20.9. The summed E-state index contributed by atoms with van der Waals surface area (Å²) in [5.74, 6) is -3.87. The van der Waals surface area contributed by atoms with Gasteiger partial charge in [0.05, 0.1) is 0 Å². The summed E-state index contributed by atoms with van der Waals surface area (Å²) in [5, 5.41) is 24.5. The van der Waals surface area contributed by atoms with Crippen molar-refractivity contribution in [3.05, 3.63) is 65.2 Å². The highest BCUT2D eigenvalue weighted by Gasteiger charge is 2.54. The van der Waals surface area contributed by atoms with E-state index in [2.05, 4.69) is 87.6 Å². The Balaban J connectivity index is 1.70. The van der Waals surface area contributed by atoms with E-state index in [1.807, 2.05) is 18.2 Å².